The summed E-state index contributed by atoms with van der Waals surface area (Å²) in [7, 11) is 0. The molecule has 0 spiro atoms. The molecule has 1 heterocycles. The summed E-state index contributed by atoms with van der Waals surface area (Å²) in [5.41, 5.74) is 0.438. The molecule has 1 aliphatic rings. The number of carbonyl (C=O) groups is 2. The average molecular weight is 395 g/mol. The number of hydrogen-bond acceptors (Lipinski definition) is 4. The molecule has 0 saturated heterocycles. The summed E-state index contributed by atoms with van der Waals surface area (Å²) >= 11 is 1.44. The van der Waals surface area contributed by atoms with Crippen LogP contribution in [0.1, 0.15) is 75.3 Å². The van der Waals surface area contributed by atoms with Crippen molar-refractivity contribution in [2.75, 3.05) is 13.1 Å². The van der Waals surface area contributed by atoms with Gasteiger partial charge in [0.25, 0.3) is 5.91 Å². The van der Waals surface area contributed by atoms with E-state index in [9.17, 15) is 9.59 Å². The van der Waals surface area contributed by atoms with E-state index in [2.05, 4.69) is 43.3 Å². The minimum atomic E-state index is -0.145. The summed E-state index contributed by atoms with van der Waals surface area (Å²) in [5.74, 6) is 0.626. The molecule has 0 radical (unpaired) electrons. The monoisotopic (exact) mass is 394 g/mol. The van der Waals surface area contributed by atoms with Crippen LogP contribution in [0.3, 0.4) is 0 Å². The first kappa shape index (κ1) is 21.7. The highest BCUT2D eigenvalue weighted by molar-refractivity contribution is 7.09. The van der Waals surface area contributed by atoms with E-state index < -0.39 is 0 Å². The summed E-state index contributed by atoms with van der Waals surface area (Å²) in [6, 6.07) is 0.270. The van der Waals surface area contributed by atoms with Gasteiger partial charge in [-0.1, -0.05) is 47.0 Å². The predicted molar refractivity (Wildman–Crippen MR) is 110 cm³/mol. The number of thiazole rings is 1. The Morgan fingerprint density at radius 3 is 2.52 bits per heavy atom. The maximum absolute atomic E-state index is 12.8. The second-order valence-corrected chi connectivity index (χ2v) is 9.23. The molecule has 0 aliphatic heterocycles. The van der Waals surface area contributed by atoms with Gasteiger partial charge in [0.2, 0.25) is 0 Å². The summed E-state index contributed by atoms with van der Waals surface area (Å²) in [5, 5.41) is 8.65. The van der Waals surface area contributed by atoms with E-state index in [-0.39, 0.29) is 18.0 Å². The van der Waals surface area contributed by atoms with Gasteiger partial charge in [-0.15, -0.1) is 11.3 Å². The quantitative estimate of drug-likeness (QED) is 0.699. The number of urea groups is 1. The number of amides is 3. The summed E-state index contributed by atoms with van der Waals surface area (Å²) in [6.07, 6.45) is 5.78. The Kier molecular flexibility index (Phi) is 8.54. The van der Waals surface area contributed by atoms with Gasteiger partial charge in [-0.25, -0.2) is 9.78 Å². The van der Waals surface area contributed by atoms with Crippen LogP contribution in [0.2, 0.25) is 0 Å². The molecular formula is C20H34N4O2S. The van der Waals surface area contributed by atoms with Gasteiger partial charge in [0.1, 0.15) is 10.7 Å². The molecular weight excluding hydrogens is 360 g/mol. The van der Waals surface area contributed by atoms with Crippen molar-refractivity contribution in [1.82, 2.24) is 20.5 Å². The van der Waals surface area contributed by atoms with Crippen molar-refractivity contribution < 1.29 is 9.59 Å². The summed E-state index contributed by atoms with van der Waals surface area (Å²) in [4.78, 5) is 31.2. The third kappa shape index (κ3) is 7.48. The fourth-order valence-corrected chi connectivity index (χ4v) is 4.00. The molecule has 7 heteroatoms. The molecule has 2 N–H and O–H groups in total. The minimum Gasteiger partial charge on any atom is -0.350 e. The van der Waals surface area contributed by atoms with Crippen molar-refractivity contribution in [1.29, 1.82) is 0 Å². The van der Waals surface area contributed by atoms with Crippen molar-refractivity contribution in [3.05, 3.63) is 16.1 Å². The number of rotatable bonds is 8. The molecule has 0 unspecified atom stereocenters. The van der Waals surface area contributed by atoms with Crippen molar-refractivity contribution in [3.8, 4) is 0 Å². The van der Waals surface area contributed by atoms with E-state index in [1.54, 1.807) is 5.38 Å². The van der Waals surface area contributed by atoms with Crippen LogP contribution in [-0.2, 0) is 6.54 Å². The lowest BCUT2D eigenvalue weighted by Gasteiger charge is -2.29. The molecule has 27 heavy (non-hydrogen) atoms. The van der Waals surface area contributed by atoms with Gasteiger partial charge < -0.3 is 15.5 Å². The lowest BCUT2D eigenvalue weighted by molar-refractivity contribution is 0.0944. The largest absolute Gasteiger partial charge is 0.350 e. The van der Waals surface area contributed by atoms with Gasteiger partial charge in [0, 0.05) is 24.5 Å². The molecule has 0 aromatic carbocycles. The number of aromatic nitrogens is 1. The first-order valence-electron chi connectivity index (χ1n) is 10.1. The van der Waals surface area contributed by atoms with Crippen LogP contribution in [0.5, 0.6) is 0 Å². The van der Waals surface area contributed by atoms with Crippen molar-refractivity contribution in [2.24, 2.45) is 11.8 Å². The Balaban J connectivity index is 1.96. The summed E-state index contributed by atoms with van der Waals surface area (Å²) in [6.45, 7) is 10.1. The van der Waals surface area contributed by atoms with Crippen LogP contribution in [0, 0.1) is 11.8 Å². The maximum atomic E-state index is 12.8. The van der Waals surface area contributed by atoms with Crippen molar-refractivity contribution in [3.63, 3.8) is 0 Å². The van der Waals surface area contributed by atoms with Crippen LogP contribution in [-0.4, -0.2) is 41.0 Å². The molecule has 0 atom stereocenters. The SMILES string of the molecule is CC(C)CNC(=O)c1csc(CN(CC(C)C)C(=O)NC2CCCCC2)n1. The molecule has 1 aliphatic carbocycles. The molecule has 1 fully saturated rings. The second kappa shape index (κ2) is 10.6. The Morgan fingerprint density at radius 2 is 1.89 bits per heavy atom. The Bertz CT molecular complexity index is 609. The van der Waals surface area contributed by atoms with Gasteiger partial charge >= 0.3 is 6.03 Å². The molecule has 0 bridgehead atoms. The van der Waals surface area contributed by atoms with Gasteiger partial charge in [0.15, 0.2) is 0 Å². The standard InChI is InChI=1S/C20H34N4O2S/c1-14(2)10-21-19(25)17-13-27-18(23-17)12-24(11-15(3)4)20(26)22-16-8-6-5-7-9-16/h13-16H,5-12H2,1-4H3,(H,21,25)(H,22,26). The first-order valence-corrected chi connectivity index (χ1v) is 11.0. The van der Waals surface area contributed by atoms with Gasteiger partial charge in [0.05, 0.1) is 6.54 Å². The van der Waals surface area contributed by atoms with E-state index in [1.165, 1.54) is 30.6 Å². The minimum absolute atomic E-state index is 0.0170. The van der Waals surface area contributed by atoms with E-state index in [0.29, 0.717) is 37.2 Å². The first-order chi connectivity index (χ1) is 12.8. The third-order valence-corrected chi connectivity index (χ3v) is 5.42. The number of carbonyl (C=O) groups excluding carboxylic acids is 2. The van der Waals surface area contributed by atoms with Gasteiger partial charge in [-0.3, -0.25) is 4.79 Å². The maximum Gasteiger partial charge on any atom is 0.318 e. The number of nitrogens with one attached hydrogen (secondary N) is 2. The van der Waals surface area contributed by atoms with Crippen molar-refractivity contribution in [2.45, 2.75) is 72.4 Å². The Morgan fingerprint density at radius 1 is 1.19 bits per heavy atom. The highest BCUT2D eigenvalue weighted by atomic mass is 32.1. The topological polar surface area (TPSA) is 74.3 Å². The smallest absolute Gasteiger partial charge is 0.318 e. The molecule has 1 aromatic rings. The van der Waals surface area contributed by atoms with E-state index in [4.69, 9.17) is 0 Å². The Labute approximate surface area is 167 Å². The second-order valence-electron chi connectivity index (χ2n) is 8.29. The number of nitrogens with zero attached hydrogens (tertiary/aromatic N) is 2. The summed E-state index contributed by atoms with van der Waals surface area (Å²) < 4.78 is 0. The number of hydrogen-bond donors (Lipinski definition) is 2. The Hall–Kier alpha value is -1.63. The van der Waals surface area contributed by atoms with Gasteiger partial charge in [-0.2, -0.15) is 0 Å². The predicted octanol–water partition coefficient (Wildman–Crippen LogP) is 4.03. The van der Waals surface area contributed by atoms with Crippen LogP contribution in [0.4, 0.5) is 4.79 Å². The fourth-order valence-electron chi connectivity index (χ4n) is 3.21. The van der Waals surface area contributed by atoms with Crippen molar-refractivity contribution >= 4 is 23.3 Å². The van der Waals surface area contributed by atoms with Crippen LogP contribution < -0.4 is 10.6 Å². The average Bonchev–Trinajstić information content (AvgIpc) is 3.08. The molecule has 2 rings (SSSR count). The van der Waals surface area contributed by atoms with E-state index in [0.717, 1.165) is 17.8 Å². The van der Waals surface area contributed by atoms with Crippen LogP contribution in [0.15, 0.2) is 5.38 Å². The van der Waals surface area contributed by atoms with Gasteiger partial charge in [-0.05, 0) is 24.7 Å². The zero-order valence-corrected chi connectivity index (χ0v) is 17.9. The highest BCUT2D eigenvalue weighted by Gasteiger charge is 2.22. The molecule has 3 amide bonds. The molecule has 1 saturated carbocycles. The lowest BCUT2D eigenvalue weighted by atomic mass is 9.96. The van der Waals surface area contributed by atoms with E-state index >= 15 is 0 Å². The molecule has 6 nitrogen and oxygen atoms in total. The lowest BCUT2D eigenvalue weighted by Crippen LogP contribution is -2.46. The molecule has 152 valence electrons. The zero-order valence-electron chi connectivity index (χ0n) is 17.1. The fraction of sp³-hybridized carbons (Fsp3) is 0.750. The third-order valence-electron chi connectivity index (χ3n) is 4.59. The van der Waals surface area contributed by atoms with Crippen LogP contribution in [0.25, 0.3) is 0 Å². The normalized spacial score (nSPS) is 15.2. The van der Waals surface area contributed by atoms with Crippen LogP contribution >= 0.6 is 11.3 Å². The van der Waals surface area contributed by atoms with E-state index in [1.807, 2.05) is 4.90 Å². The molecule has 1 aromatic heterocycles. The zero-order chi connectivity index (χ0) is 19.8. The highest BCUT2D eigenvalue weighted by Crippen LogP contribution is 2.19.